The van der Waals surface area contributed by atoms with Gasteiger partial charge in [-0.15, -0.1) is 15.3 Å². The lowest BCUT2D eigenvalue weighted by atomic mass is 9.93. The van der Waals surface area contributed by atoms with Crippen LogP contribution in [0.5, 0.6) is 11.6 Å². The van der Waals surface area contributed by atoms with Gasteiger partial charge in [0.25, 0.3) is 5.88 Å². The third kappa shape index (κ3) is 4.79. The highest BCUT2D eigenvalue weighted by Crippen LogP contribution is 2.33. The minimum Gasteiger partial charge on any atom is -0.507 e. The summed E-state index contributed by atoms with van der Waals surface area (Å²) in [5.74, 6) is 0.195. The van der Waals surface area contributed by atoms with Crippen LogP contribution in [0.25, 0.3) is 22.3 Å². The first kappa shape index (κ1) is 24.5. The number of para-hydroxylation sites is 1. The van der Waals surface area contributed by atoms with Gasteiger partial charge in [0, 0.05) is 24.7 Å². The Morgan fingerprint density at radius 3 is 2.65 bits per heavy atom. The average molecular weight is 508 g/mol. The predicted octanol–water partition coefficient (Wildman–Crippen LogP) is 3.31. The summed E-state index contributed by atoms with van der Waals surface area (Å²) in [6, 6.07) is 10.5. The highest BCUT2D eigenvalue weighted by Gasteiger charge is 2.31. The number of hydroxylamine groups is 2. The van der Waals surface area contributed by atoms with Crippen molar-refractivity contribution in [3.05, 3.63) is 42.2 Å². The number of esters is 1. The van der Waals surface area contributed by atoms with Crippen LogP contribution in [0.2, 0.25) is 0 Å². The van der Waals surface area contributed by atoms with Gasteiger partial charge in [0.05, 0.1) is 24.4 Å². The summed E-state index contributed by atoms with van der Waals surface area (Å²) in [4.78, 5) is 18.1. The van der Waals surface area contributed by atoms with E-state index in [0.717, 1.165) is 18.4 Å². The zero-order valence-corrected chi connectivity index (χ0v) is 20.9. The molecule has 1 unspecified atom stereocenters. The van der Waals surface area contributed by atoms with Crippen LogP contribution in [0.1, 0.15) is 44.4 Å². The standard InChI is InChI=1S/C25H29N7O5/c1-14(2)22(25(34)35-3)20-13-21(30-36-20)37-31-10-8-15(9-11-31)32-18-12-17(16-6-4-5-7-19(16)33)27-28-23(18)24(26)29-32/h4-7,12-15,22,33H,8-11H2,1-3H3,(H2,26,29). The highest BCUT2D eigenvalue weighted by atomic mass is 16.7. The van der Waals surface area contributed by atoms with E-state index in [1.54, 1.807) is 24.3 Å². The number of piperidine rings is 1. The smallest absolute Gasteiger partial charge is 0.316 e. The summed E-state index contributed by atoms with van der Waals surface area (Å²) in [5, 5.41) is 29.1. The van der Waals surface area contributed by atoms with Gasteiger partial charge in [0.2, 0.25) is 0 Å². The van der Waals surface area contributed by atoms with Crippen LogP contribution in [0.3, 0.4) is 0 Å². The number of rotatable bonds is 7. The Hall–Kier alpha value is -4.19. The number of nitrogen functional groups attached to an aromatic ring is 1. The molecule has 1 aromatic carbocycles. The number of hydrogen-bond donors (Lipinski definition) is 2. The molecule has 12 nitrogen and oxygen atoms in total. The Bertz CT molecular complexity index is 1410. The summed E-state index contributed by atoms with van der Waals surface area (Å²) >= 11 is 0. The van der Waals surface area contributed by atoms with E-state index in [4.69, 9.17) is 19.8 Å². The van der Waals surface area contributed by atoms with E-state index in [0.29, 0.717) is 47.3 Å². The Kier molecular flexibility index (Phi) is 6.66. The van der Waals surface area contributed by atoms with Crippen molar-refractivity contribution in [2.75, 3.05) is 25.9 Å². The topological polar surface area (TPSA) is 155 Å². The minimum atomic E-state index is -0.551. The SMILES string of the molecule is COC(=O)C(c1cc(ON2CCC(n3nc(N)c4nnc(-c5ccccc5O)cc43)CC2)no1)C(C)C. The van der Waals surface area contributed by atoms with Crippen LogP contribution in [-0.4, -0.2) is 61.5 Å². The number of benzene rings is 1. The number of anilines is 1. The second-order valence-corrected chi connectivity index (χ2v) is 9.37. The number of nitrogens with zero attached hydrogens (tertiary/aromatic N) is 6. The summed E-state index contributed by atoms with van der Waals surface area (Å²) < 4.78 is 12.2. The maximum absolute atomic E-state index is 12.1. The summed E-state index contributed by atoms with van der Waals surface area (Å²) in [6.07, 6.45) is 1.48. The second kappa shape index (κ2) is 10.1. The first-order valence-corrected chi connectivity index (χ1v) is 12.1. The Labute approximate surface area is 212 Å². The van der Waals surface area contributed by atoms with E-state index in [1.807, 2.05) is 35.7 Å². The van der Waals surface area contributed by atoms with Gasteiger partial charge in [-0.1, -0.05) is 26.0 Å². The molecule has 0 spiro atoms. The number of carbonyl (C=O) groups is 1. The molecule has 12 heteroatoms. The van der Waals surface area contributed by atoms with Crippen molar-refractivity contribution < 1.29 is 24.0 Å². The van der Waals surface area contributed by atoms with E-state index in [-0.39, 0.29) is 23.7 Å². The Morgan fingerprint density at radius 1 is 1.19 bits per heavy atom. The van der Waals surface area contributed by atoms with E-state index < -0.39 is 5.92 Å². The van der Waals surface area contributed by atoms with Crippen molar-refractivity contribution in [1.82, 2.24) is 30.2 Å². The molecule has 0 amide bonds. The number of ether oxygens (including phenoxy) is 1. The zero-order chi connectivity index (χ0) is 26.1. The van der Waals surface area contributed by atoms with Crippen LogP contribution in [-0.2, 0) is 9.53 Å². The normalized spacial score (nSPS) is 15.8. The molecule has 1 saturated heterocycles. The molecule has 1 aliphatic heterocycles. The van der Waals surface area contributed by atoms with Crippen LogP contribution < -0.4 is 10.6 Å². The number of phenols is 1. The first-order valence-electron chi connectivity index (χ1n) is 12.1. The number of hydrogen-bond acceptors (Lipinski definition) is 11. The van der Waals surface area contributed by atoms with Crippen molar-refractivity contribution >= 4 is 22.8 Å². The molecule has 0 aliphatic carbocycles. The van der Waals surface area contributed by atoms with E-state index in [1.165, 1.54) is 7.11 Å². The monoisotopic (exact) mass is 507 g/mol. The van der Waals surface area contributed by atoms with Crippen LogP contribution in [0.4, 0.5) is 5.82 Å². The second-order valence-electron chi connectivity index (χ2n) is 9.37. The van der Waals surface area contributed by atoms with Gasteiger partial charge in [-0.05, 0) is 42.1 Å². The average Bonchev–Trinajstić information content (AvgIpc) is 3.48. The molecular weight excluding hydrogens is 478 g/mol. The van der Waals surface area contributed by atoms with Crippen LogP contribution in [0, 0.1) is 5.92 Å². The summed E-state index contributed by atoms with van der Waals surface area (Å²) in [5.41, 5.74) is 8.56. The summed E-state index contributed by atoms with van der Waals surface area (Å²) in [7, 11) is 1.35. The molecule has 1 aliphatic rings. The molecule has 1 fully saturated rings. The van der Waals surface area contributed by atoms with Crippen molar-refractivity contribution in [2.24, 2.45) is 5.92 Å². The largest absolute Gasteiger partial charge is 0.507 e. The quantitative estimate of drug-likeness (QED) is 0.354. The number of methoxy groups -OCH3 is 1. The number of nitrogens with two attached hydrogens (primary N) is 1. The number of aromatic nitrogens is 5. The maximum atomic E-state index is 12.1. The molecule has 4 heterocycles. The lowest BCUT2D eigenvalue weighted by Gasteiger charge is -2.30. The molecule has 0 saturated carbocycles. The molecular formula is C25H29N7O5. The van der Waals surface area contributed by atoms with E-state index in [9.17, 15) is 9.90 Å². The van der Waals surface area contributed by atoms with E-state index >= 15 is 0 Å². The minimum absolute atomic E-state index is 0.0172. The van der Waals surface area contributed by atoms with Gasteiger partial charge >= 0.3 is 5.97 Å². The zero-order valence-electron chi connectivity index (χ0n) is 20.9. The number of fused-ring (bicyclic) bond motifs is 1. The molecule has 0 radical (unpaired) electrons. The fourth-order valence-electron chi connectivity index (χ4n) is 4.67. The Morgan fingerprint density at radius 2 is 1.95 bits per heavy atom. The van der Waals surface area contributed by atoms with Crippen LogP contribution >= 0.6 is 0 Å². The third-order valence-corrected chi connectivity index (χ3v) is 6.59. The number of aromatic hydroxyl groups is 1. The fraction of sp³-hybridized carbons (Fsp3) is 0.400. The molecule has 4 aromatic rings. The van der Waals surface area contributed by atoms with E-state index in [2.05, 4.69) is 20.5 Å². The van der Waals surface area contributed by atoms with Gasteiger partial charge in [0.15, 0.2) is 17.1 Å². The molecule has 0 bridgehead atoms. The van der Waals surface area contributed by atoms with Gasteiger partial charge in [0.1, 0.15) is 11.7 Å². The molecule has 194 valence electrons. The van der Waals surface area contributed by atoms with Gasteiger partial charge in [-0.3, -0.25) is 9.48 Å². The number of carbonyl (C=O) groups excluding carboxylic acids is 1. The van der Waals surface area contributed by atoms with Crippen LogP contribution in [0.15, 0.2) is 40.9 Å². The third-order valence-electron chi connectivity index (χ3n) is 6.59. The lowest BCUT2D eigenvalue weighted by Crippen LogP contribution is -2.37. The lowest BCUT2D eigenvalue weighted by molar-refractivity contribution is -0.144. The molecule has 3 N–H and O–H groups in total. The van der Waals surface area contributed by atoms with Crippen molar-refractivity contribution in [3.8, 4) is 22.9 Å². The van der Waals surface area contributed by atoms with Crippen molar-refractivity contribution in [1.29, 1.82) is 0 Å². The highest BCUT2D eigenvalue weighted by molar-refractivity contribution is 5.87. The Balaban J connectivity index is 1.29. The van der Waals surface area contributed by atoms with Crippen molar-refractivity contribution in [3.63, 3.8) is 0 Å². The van der Waals surface area contributed by atoms with Crippen molar-refractivity contribution in [2.45, 2.75) is 38.6 Å². The predicted molar refractivity (Wildman–Crippen MR) is 133 cm³/mol. The fourth-order valence-corrected chi connectivity index (χ4v) is 4.67. The molecule has 1 atom stereocenters. The maximum Gasteiger partial charge on any atom is 0.316 e. The van der Waals surface area contributed by atoms with Gasteiger partial charge < -0.3 is 24.9 Å². The van der Waals surface area contributed by atoms with Gasteiger partial charge in [-0.25, -0.2) is 0 Å². The first-order chi connectivity index (χ1) is 17.9. The molecule has 5 rings (SSSR count). The van der Waals surface area contributed by atoms with Gasteiger partial charge in [-0.2, -0.15) is 5.10 Å². The summed E-state index contributed by atoms with van der Waals surface area (Å²) in [6.45, 7) is 5.06. The number of phenolic OH excluding ortho intramolecular Hbond substituents is 1. The molecule has 37 heavy (non-hydrogen) atoms. The molecule has 3 aromatic heterocycles.